The molecular weight excluding hydrogens is 248 g/mol. The molecule has 6 heteroatoms. The molecule has 0 fully saturated rings. The van der Waals surface area contributed by atoms with Crippen molar-refractivity contribution in [3.8, 4) is 5.75 Å². The van der Waals surface area contributed by atoms with Crippen molar-refractivity contribution in [2.75, 3.05) is 46.8 Å². The Kier molecular flexibility index (Phi) is 9.05. The number of aryl methyl sites for hydroxylation is 1. The van der Waals surface area contributed by atoms with Crippen LogP contribution in [0.15, 0.2) is 12.4 Å². The Morgan fingerprint density at radius 1 is 1.05 bits per heavy atom. The first-order valence-electron chi connectivity index (χ1n) is 6.66. The zero-order valence-electron chi connectivity index (χ0n) is 11.8. The first-order valence-corrected chi connectivity index (χ1v) is 6.66. The van der Waals surface area contributed by atoms with Gasteiger partial charge in [0.05, 0.1) is 45.4 Å². The summed E-state index contributed by atoms with van der Waals surface area (Å²) in [6.07, 6.45) is 4.69. The van der Waals surface area contributed by atoms with E-state index >= 15 is 0 Å². The predicted molar refractivity (Wildman–Crippen MR) is 71.5 cm³/mol. The van der Waals surface area contributed by atoms with Crippen molar-refractivity contribution >= 4 is 0 Å². The molecule has 0 radical (unpaired) electrons. The Balaban J connectivity index is 1.92. The molecule has 0 amide bonds. The van der Waals surface area contributed by atoms with E-state index in [2.05, 4.69) is 12.0 Å². The lowest BCUT2D eigenvalue weighted by molar-refractivity contribution is 0.0179. The van der Waals surface area contributed by atoms with E-state index in [9.17, 15) is 0 Å². The van der Waals surface area contributed by atoms with Crippen LogP contribution in [0.2, 0.25) is 0 Å². The smallest absolute Gasteiger partial charge is 0.157 e. The predicted octanol–water partition coefficient (Wildman–Crippen LogP) is 1.35. The molecule has 1 rings (SSSR count). The minimum atomic E-state index is 0.524. The van der Waals surface area contributed by atoms with Gasteiger partial charge in [-0.2, -0.15) is 5.10 Å². The van der Waals surface area contributed by atoms with Gasteiger partial charge in [-0.25, -0.2) is 0 Å². The van der Waals surface area contributed by atoms with Crippen LogP contribution in [0.1, 0.15) is 13.3 Å². The quantitative estimate of drug-likeness (QED) is 0.538. The SMILES string of the molecule is CCCn1cc(OCCOCCOCCOC)cn1. The molecule has 0 aromatic carbocycles. The lowest BCUT2D eigenvalue weighted by atomic mass is 10.5. The van der Waals surface area contributed by atoms with Gasteiger partial charge in [0.1, 0.15) is 6.61 Å². The molecule has 0 bridgehead atoms. The summed E-state index contributed by atoms with van der Waals surface area (Å²) in [5.74, 6) is 0.786. The molecular formula is C13H24N2O4. The molecule has 1 aromatic rings. The minimum absolute atomic E-state index is 0.524. The average molecular weight is 272 g/mol. The van der Waals surface area contributed by atoms with E-state index in [4.69, 9.17) is 18.9 Å². The van der Waals surface area contributed by atoms with Gasteiger partial charge in [-0.3, -0.25) is 4.68 Å². The van der Waals surface area contributed by atoms with Crippen LogP contribution in [0.25, 0.3) is 0 Å². The van der Waals surface area contributed by atoms with Crippen molar-refractivity contribution in [2.45, 2.75) is 19.9 Å². The lowest BCUT2D eigenvalue weighted by Gasteiger charge is -2.06. The normalized spacial score (nSPS) is 10.8. The molecule has 1 heterocycles. The van der Waals surface area contributed by atoms with Crippen molar-refractivity contribution in [3.63, 3.8) is 0 Å². The van der Waals surface area contributed by atoms with Crippen LogP contribution in [0, 0.1) is 0 Å². The summed E-state index contributed by atoms with van der Waals surface area (Å²) in [4.78, 5) is 0. The highest BCUT2D eigenvalue weighted by Gasteiger charge is 1.98. The molecule has 19 heavy (non-hydrogen) atoms. The van der Waals surface area contributed by atoms with Crippen molar-refractivity contribution in [1.82, 2.24) is 9.78 Å². The van der Waals surface area contributed by atoms with Crippen LogP contribution in [-0.2, 0) is 20.8 Å². The number of ether oxygens (including phenoxy) is 4. The van der Waals surface area contributed by atoms with E-state index in [1.807, 2.05) is 10.9 Å². The van der Waals surface area contributed by atoms with Crippen LogP contribution in [-0.4, -0.2) is 56.5 Å². The molecule has 0 spiro atoms. The van der Waals surface area contributed by atoms with Crippen molar-refractivity contribution in [3.05, 3.63) is 12.4 Å². The van der Waals surface area contributed by atoms with Crippen molar-refractivity contribution < 1.29 is 18.9 Å². The van der Waals surface area contributed by atoms with Gasteiger partial charge in [0.25, 0.3) is 0 Å². The monoisotopic (exact) mass is 272 g/mol. The Morgan fingerprint density at radius 2 is 1.74 bits per heavy atom. The molecule has 6 nitrogen and oxygen atoms in total. The second kappa shape index (κ2) is 10.8. The van der Waals surface area contributed by atoms with Gasteiger partial charge in [-0.05, 0) is 6.42 Å². The zero-order valence-corrected chi connectivity index (χ0v) is 11.8. The fourth-order valence-corrected chi connectivity index (χ4v) is 1.45. The van der Waals surface area contributed by atoms with Gasteiger partial charge in [0.2, 0.25) is 0 Å². The van der Waals surface area contributed by atoms with Crippen LogP contribution in [0.4, 0.5) is 0 Å². The summed E-state index contributed by atoms with van der Waals surface area (Å²) < 4.78 is 22.9. The van der Waals surface area contributed by atoms with E-state index in [0.717, 1.165) is 18.7 Å². The molecule has 0 atom stereocenters. The number of methoxy groups -OCH3 is 1. The maximum Gasteiger partial charge on any atom is 0.157 e. The standard InChI is InChI=1S/C13H24N2O4/c1-3-4-15-12-13(11-14-15)19-10-9-18-8-7-17-6-5-16-2/h11-12H,3-10H2,1-2H3. The van der Waals surface area contributed by atoms with Gasteiger partial charge < -0.3 is 18.9 Å². The summed E-state index contributed by atoms with van der Waals surface area (Å²) in [7, 11) is 1.65. The van der Waals surface area contributed by atoms with E-state index < -0.39 is 0 Å². The van der Waals surface area contributed by atoms with Crippen LogP contribution in [0.5, 0.6) is 5.75 Å². The Hall–Kier alpha value is -1.11. The Morgan fingerprint density at radius 3 is 2.42 bits per heavy atom. The number of nitrogens with zero attached hydrogens (tertiary/aromatic N) is 2. The van der Waals surface area contributed by atoms with Gasteiger partial charge in [0, 0.05) is 13.7 Å². The summed E-state index contributed by atoms with van der Waals surface area (Å²) >= 11 is 0. The fraction of sp³-hybridized carbons (Fsp3) is 0.769. The third-order valence-electron chi connectivity index (χ3n) is 2.36. The third-order valence-corrected chi connectivity index (χ3v) is 2.36. The second-order valence-electron chi connectivity index (χ2n) is 4.01. The molecule has 0 aliphatic rings. The average Bonchev–Trinajstić information content (AvgIpc) is 2.85. The summed E-state index contributed by atoms with van der Waals surface area (Å²) in [6.45, 7) is 6.48. The van der Waals surface area contributed by atoms with E-state index in [0.29, 0.717) is 39.6 Å². The number of hydrogen-bond donors (Lipinski definition) is 0. The molecule has 110 valence electrons. The second-order valence-corrected chi connectivity index (χ2v) is 4.01. The van der Waals surface area contributed by atoms with E-state index in [1.165, 1.54) is 0 Å². The first-order chi connectivity index (χ1) is 9.36. The van der Waals surface area contributed by atoms with Crippen molar-refractivity contribution in [2.24, 2.45) is 0 Å². The van der Waals surface area contributed by atoms with Crippen LogP contribution in [0.3, 0.4) is 0 Å². The Bertz CT molecular complexity index is 317. The largest absolute Gasteiger partial charge is 0.488 e. The number of aromatic nitrogens is 2. The van der Waals surface area contributed by atoms with Crippen LogP contribution >= 0.6 is 0 Å². The zero-order chi connectivity index (χ0) is 13.8. The topological polar surface area (TPSA) is 54.7 Å². The molecule has 0 aliphatic carbocycles. The maximum atomic E-state index is 5.51. The van der Waals surface area contributed by atoms with Gasteiger partial charge >= 0.3 is 0 Å². The van der Waals surface area contributed by atoms with E-state index in [-0.39, 0.29) is 0 Å². The number of rotatable bonds is 12. The molecule has 0 saturated heterocycles. The summed E-state index contributed by atoms with van der Waals surface area (Å²) in [5, 5.41) is 4.18. The van der Waals surface area contributed by atoms with E-state index in [1.54, 1.807) is 13.3 Å². The molecule has 1 aromatic heterocycles. The molecule has 0 unspecified atom stereocenters. The van der Waals surface area contributed by atoms with Crippen molar-refractivity contribution in [1.29, 1.82) is 0 Å². The first kappa shape index (κ1) is 15.9. The number of hydrogen-bond acceptors (Lipinski definition) is 5. The third kappa shape index (κ3) is 7.81. The highest BCUT2D eigenvalue weighted by molar-refractivity contribution is 5.11. The molecule has 0 aliphatic heterocycles. The summed E-state index contributed by atoms with van der Waals surface area (Å²) in [5.41, 5.74) is 0. The minimum Gasteiger partial charge on any atom is -0.488 e. The highest BCUT2D eigenvalue weighted by atomic mass is 16.6. The lowest BCUT2D eigenvalue weighted by Crippen LogP contribution is -2.12. The maximum absolute atomic E-state index is 5.51. The summed E-state index contributed by atoms with van der Waals surface area (Å²) in [6, 6.07) is 0. The van der Waals surface area contributed by atoms with Gasteiger partial charge in [-0.15, -0.1) is 0 Å². The van der Waals surface area contributed by atoms with Gasteiger partial charge in [-0.1, -0.05) is 6.92 Å². The fourth-order valence-electron chi connectivity index (χ4n) is 1.45. The Labute approximate surface area is 114 Å². The molecule has 0 N–H and O–H groups in total. The highest BCUT2D eigenvalue weighted by Crippen LogP contribution is 2.08. The molecule has 0 saturated carbocycles. The van der Waals surface area contributed by atoms with Gasteiger partial charge in [0.15, 0.2) is 5.75 Å². The van der Waals surface area contributed by atoms with Crippen LogP contribution < -0.4 is 4.74 Å².